The minimum atomic E-state index is -1.40. The molecule has 1 N–H and O–H groups in total. The van der Waals surface area contributed by atoms with Gasteiger partial charge in [-0.25, -0.2) is 0 Å². The van der Waals surface area contributed by atoms with Gasteiger partial charge in [0.2, 0.25) is 0 Å². The molecule has 0 rings (SSSR count). The molecular weight excluding hydrogens is 147 g/mol. The highest BCUT2D eigenvalue weighted by Crippen LogP contribution is 2.35. The number of aliphatic hydroxyl groups excluding tert-OH is 1. The van der Waals surface area contributed by atoms with E-state index >= 15 is 0 Å². The maximum absolute atomic E-state index is 11.2. The van der Waals surface area contributed by atoms with Crippen molar-refractivity contribution in [3.05, 3.63) is 0 Å². The molecule has 0 aliphatic heterocycles. The van der Waals surface area contributed by atoms with Gasteiger partial charge < -0.3 is 5.11 Å². The van der Waals surface area contributed by atoms with Gasteiger partial charge in [-0.2, -0.15) is 0 Å². The maximum atomic E-state index is 11.2. The van der Waals surface area contributed by atoms with Crippen LogP contribution in [0.4, 0.5) is 0 Å². The van der Waals surface area contributed by atoms with Crippen LogP contribution in [0.3, 0.4) is 0 Å². The Bertz CT molecular complexity index is 102. The smallest absolute Gasteiger partial charge is 0.351 e. The molecule has 10 heavy (non-hydrogen) atoms. The van der Waals surface area contributed by atoms with Gasteiger partial charge in [-0.15, -0.1) is 0 Å². The van der Waals surface area contributed by atoms with Gasteiger partial charge in [-0.1, -0.05) is 18.4 Å². The molecule has 0 amide bonds. The van der Waals surface area contributed by atoms with E-state index in [0.29, 0.717) is 6.42 Å². The normalized spacial score (nSPS) is 18.2. The minimum Gasteiger partial charge on any atom is -0.351 e. The van der Waals surface area contributed by atoms with E-state index in [1.807, 2.05) is 20.8 Å². The lowest BCUT2D eigenvalue weighted by Gasteiger charge is -1.99. The van der Waals surface area contributed by atoms with Gasteiger partial charge in [0.25, 0.3) is 5.85 Å². The summed E-state index contributed by atoms with van der Waals surface area (Å²) in [7, 11) is -1.40. The van der Waals surface area contributed by atoms with E-state index in [1.54, 1.807) is 0 Å². The molecule has 0 aromatic rings. The van der Waals surface area contributed by atoms with Crippen molar-refractivity contribution < 1.29 is 9.67 Å². The van der Waals surface area contributed by atoms with E-state index in [2.05, 4.69) is 0 Å². The summed E-state index contributed by atoms with van der Waals surface area (Å²) in [4.78, 5) is 0. The van der Waals surface area contributed by atoms with Crippen molar-refractivity contribution in [1.29, 1.82) is 0 Å². The Balaban J connectivity index is 3.82. The zero-order valence-corrected chi connectivity index (χ0v) is 7.77. The number of hydrogen-bond donors (Lipinski definition) is 1. The zero-order chi connectivity index (χ0) is 8.15. The molecule has 3 atom stereocenters. The molecule has 0 aliphatic rings. The van der Waals surface area contributed by atoms with Gasteiger partial charge in [0.1, 0.15) is 0 Å². The monoisotopic (exact) mass is 163 g/mol. The first kappa shape index (κ1) is 10.1. The standard InChI is InChI=1S/C7H16O2P/c1-4-6(3)10(9)7(8)5-2/h6-8H,4-5H2,1-3H3/q+1. The molecule has 0 spiro atoms. The molecule has 3 unspecified atom stereocenters. The van der Waals surface area contributed by atoms with Crippen LogP contribution >= 0.6 is 7.80 Å². The van der Waals surface area contributed by atoms with Crippen LogP contribution in [0.2, 0.25) is 0 Å². The molecule has 0 heterocycles. The highest BCUT2D eigenvalue weighted by Gasteiger charge is 2.31. The number of rotatable bonds is 4. The Labute approximate surface area is 63.4 Å². The van der Waals surface area contributed by atoms with Gasteiger partial charge in [-0.05, 0) is 13.3 Å². The van der Waals surface area contributed by atoms with Crippen molar-refractivity contribution in [2.45, 2.75) is 45.1 Å². The van der Waals surface area contributed by atoms with Crippen LogP contribution in [0.15, 0.2) is 0 Å². The molecule has 2 nitrogen and oxygen atoms in total. The fourth-order valence-corrected chi connectivity index (χ4v) is 1.96. The van der Waals surface area contributed by atoms with E-state index in [0.717, 1.165) is 6.42 Å². The second-order valence-corrected chi connectivity index (χ2v) is 4.70. The van der Waals surface area contributed by atoms with Crippen LogP contribution in [0, 0.1) is 0 Å². The van der Waals surface area contributed by atoms with Crippen molar-refractivity contribution in [1.82, 2.24) is 0 Å². The quantitative estimate of drug-likeness (QED) is 0.646. The van der Waals surface area contributed by atoms with Gasteiger partial charge >= 0.3 is 7.80 Å². The average Bonchev–Trinajstić information content (AvgIpc) is 2.00. The molecule has 0 bridgehead atoms. The fourth-order valence-electron chi connectivity index (χ4n) is 0.654. The predicted octanol–water partition coefficient (Wildman–Crippen LogP) is 2.34. The minimum absolute atomic E-state index is 0.157. The molecule has 0 radical (unpaired) electrons. The second kappa shape index (κ2) is 4.81. The van der Waals surface area contributed by atoms with Crippen molar-refractivity contribution in [3.8, 4) is 0 Å². The Hall–Kier alpha value is 0.0600. The van der Waals surface area contributed by atoms with Crippen LogP contribution in [0.25, 0.3) is 0 Å². The van der Waals surface area contributed by atoms with Crippen LogP contribution < -0.4 is 0 Å². The molecule has 0 saturated heterocycles. The summed E-state index contributed by atoms with van der Waals surface area (Å²) in [6, 6.07) is 0. The van der Waals surface area contributed by atoms with E-state index in [-0.39, 0.29) is 5.66 Å². The first-order chi connectivity index (χ1) is 4.63. The van der Waals surface area contributed by atoms with Gasteiger partial charge in [-0.3, -0.25) is 0 Å². The summed E-state index contributed by atoms with van der Waals surface area (Å²) >= 11 is 0. The first-order valence-corrected chi connectivity index (χ1v) is 5.16. The van der Waals surface area contributed by atoms with Gasteiger partial charge in [0.05, 0.1) is 0 Å². The lowest BCUT2D eigenvalue weighted by molar-refractivity contribution is 0.246. The topological polar surface area (TPSA) is 37.3 Å². The predicted molar refractivity (Wildman–Crippen MR) is 43.7 cm³/mol. The third-order valence-electron chi connectivity index (χ3n) is 1.68. The molecule has 0 aromatic carbocycles. The summed E-state index contributed by atoms with van der Waals surface area (Å²) in [5.41, 5.74) is 0.157. The van der Waals surface area contributed by atoms with E-state index in [9.17, 15) is 4.57 Å². The van der Waals surface area contributed by atoms with Crippen LogP contribution in [0.5, 0.6) is 0 Å². The maximum Gasteiger partial charge on any atom is 0.372 e. The third-order valence-corrected chi connectivity index (χ3v) is 3.87. The van der Waals surface area contributed by atoms with Crippen molar-refractivity contribution >= 4 is 7.80 Å². The molecule has 0 aliphatic carbocycles. The second-order valence-electron chi connectivity index (χ2n) is 2.51. The van der Waals surface area contributed by atoms with Crippen LogP contribution in [0.1, 0.15) is 33.6 Å². The van der Waals surface area contributed by atoms with Crippen molar-refractivity contribution in [2.75, 3.05) is 0 Å². The lowest BCUT2D eigenvalue weighted by atomic mass is 10.4. The van der Waals surface area contributed by atoms with Crippen LogP contribution in [-0.2, 0) is 4.57 Å². The SMILES string of the molecule is CCC(C)[P+](=O)C(O)CC. The van der Waals surface area contributed by atoms with Gasteiger partial charge in [0, 0.05) is 6.42 Å². The highest BCUT2D eigenvalue weighted by atomic mass is 31.1. The molecular formula is C7H16O2P+. The summed E-state index contributed by atoms with van der Waals surface area (Å²) < 4.78 is 11.2. The summed E-state index contributed by atoms with van der Waals surface area (Å²) in [5.74, 6) is -0.593. The van der Waals surface area contributed by atoms with Crippen LogP contribution in [-0.4, -0.2) is 16.6 Å². The Morgan fingerprint density at radius 2 is 1.90 bits per heavy atom. The lowest BCUT2D eigenvalue weighted by Crippen LogP contribution is -2.05. The largest absolute Gasteiger partial charge is 0.372 e. The van der Waals surface area contributed by atoms with E-state index in [1.165, 1.54) is 0 Å². The summed E-state index contributed by atoms with van der Waals surface area (Å²) in [6.07, 6.45) is 1.48. The Morgan fingerprint density at radius 3 is 2.20 bits per heavy atom. The average molecular weight is 163 g/mol. The fraction of sp³-hybridized carbons (Fsp3) is 1.00. The third kappa shape index (κ3) is 2.76. The van der Waals surface area contributed by atoms with Crippen molar-refractivity contribution in [3.63, 3.8) is 0 Å². The molecule has 0 fully saturated rings. The van der Waals surface area contributed by atoms with Crippen molar-refractivity contribution in [2.24, 2.45) is 0 Å². The Morgan fingerprint density at radius 1 is 1.40 bits per heavy atom. The number of hydrogen-bond acceptors (Lipinski definition) is 2. The van der Waals surface area contributed by atoms with E-state index < -0.39 is 13.6 Å². The molecule has 0 aromatic heterocycles. The van der Waals surface area contributed by atoms with E-state index in [4.69, 9.17) is 5.11 Å². The zero-order valence-electron chi connectivity index (χ0n) is 6.87. The Kier molecular flexibility index (Phi) is 4.84. The van der Waals surface area contributed by atoms with Gasteiger partial charge in [0.15, 0.2) is 5.66 Å². The first-order valence-electron chi connectivity index (χ1n) is 3.77. The molecule has 60 valence electrons. The molecule has 3 heteroatoms. The molecule has 0 saturated carbocycles. The summed E-state index contributed by atoms with van der Waals surface area (Å²) in [5, 5.41) is 9.14. The number of aliphatic hydroxyl groups is 1. The summed E-state index contributed by atoms with van der Waals surface area (Å²) in [6.45, 7) is 5.75. The highest BCUT2D eigenvalue weighted by molar-refractivity contribution is 7.46.